The highest BCUT2D eigenvalue weighted by Crippen LogP contribution is 2.47. The van der Waals surface area contributed by atoms with E-state index in [0.717, 1.165) is 31.0 Å². The van der Waals surface area contributed by atoms with Crippen LogP contribution in [-0.2, 0) is 10.2 Å². The topological polar surface area (TPSA) is 41.1 Å². The first-order valence-corrected chi connectivity index (χ1v) is 7.82. The molecule has 1 amide bonds. The molecule has 1 atom stereocenters. The number of halogens is 1. The average Bonchev–Trinajstić information content (AvgIpc) is 3.24. The molecule has 2 aliphatic rings. The van der Waals surface area contributed by atoms with E-state index in [0.29, 0.717) is 17.9 Å². The van der Waals surface area contributed by atoms with Crippen LogP contribution in [0.5, 0.6) is 0 Å². The highest BCUT2D eigenvalue weighted by molar-refractivity contribution is 6.30. The standard InChI is InChI=1S/C16H21ClN2O/c17-13-3-1-12(2-4-13)16(8-9-16)11-19-14-5-6-15(20)18-10-7-14/h1-4,14,19H,5-11H2,(H,18,20)/t14-/m1/s1. The molecule has 0 radical (unpaired) electrons. The van der Waals surface area contributed by atoms with Gasteiger partial charge in [-0.05, 0) is 43.4 Å². The highest BCUT2D eigenvalue weighted by Gasteiger charge is 2.44. The largest absolute Gasteiger partial charge is 0.356 e. The predicted octanol–water partition coefficient (Wildman–Crippen LogP) is 2.63. The summed E-state index contributed by atoms with van der Waals surface area (Å²) in [6.45, 7) is 1.80. The maximum Gasteiger partial charge on any atom is 0.220 e. The zero-order valence-electron chi connectivity index (χ0n) is 11.6. The summed E-state index contributed by atoms with van der Waals surface area (Å²) in [5.74, 6) is 0.188. The van der Waals surface area contributed by atoms with Crippen molar-refractivity contribution in [2.24, 2.45) is 0 Å². The fourth-order valence-electron chi connectivity index (χ4n) is 2.99. The van der Waals surface area contributed by atoms with Gasteiger partial charge in [-0.1, -0.05) is 23.7 Å². The summed E-state index contributed by atoms with van der Waals surface area (Å²) in [6.07, 6.45) is 5.10. The lowest BCUT2D eigenvalue weighted by molar-refractivity contribution is -0.120. The van der Waals surface area contributed by atoms with Gasteiger partial charge in [0.1, 0.15) is 0 Å². The second-order valence-electron chi connectivity index (χ2n) is 6.04. The Balaban J connectivity index is 1.57. The summed E-state index contributed by atoms with van der Waals surface area (Å²) in [6, 6.07) is 8.71. The van der Waals surface area contributed by atoms with E-state index in [-0.39, 0.29) is 5.91 Å². The van der Waals surface area contributed by atoms with E-state index in [1.165, 1.54) is 18.4 Å². The fourth-order valence-corrected chi connectivity index (χ4v) is 3.12. The van der Waals surface area contributed by atoms with E-state index in [1.807, 2.05) is 12.1 Å². The summed E-state index contributed by atoms with van der Waals surface area (Å²) < 4.78 is 0. The van der Waals surface area contributed by atoms with Gasteiger partial charge in [-0.25, -0.2) is 0 Å². The second-order valence-corrected chi connectivity index (χ2v) is 6.48. The molecule has 1 aromatic rings. The number of hydrogen-bond donors (Lipinski definition) is 2. The summed E-state index contributed by atoms with van der Waals surface area (Å²) in [5.41, 5.74) is 1.69. The van der Waals surface area contributed by atoms with Crippen LogP contribution >= 0.6 is 11.6 Å². The maximum atomic E-state index is 11.3. The number of amides is 1. The summed E-state index contributed by atoms with van der Waals surface area (Å²) in [5, 5.41) is 7.40. The molecule has 108 valence electrons. The lowest BCUT2D eigenvalue weighted by atomic mass is 9.95. The maximum absolute atomic E-state index is 11.3. The van der Waals surface area contributed by atoms with Crippen LogP contribution in [0.1, 0.15) is 37.7 Å². The number of carbonyl (C=O) groups is 1. The zero-order chi connectivity index (χ0) is 14.0. The van der Waals surface area contributed by atoms with Gasteiger partial charge in [0.15, 0.2) is 0 Å². The van der Waals surface area contributed by atoms with Crippen LogP contribution < -0.4 is 10.6 Å². The molecule has 2 N–H and O–H groups in total. The van der Waals surface area contributed by atoms with Crippen LogP contribution in [0.3, 0.4) is 0 Å². The molecule has 0 spiro atoms. The van der Waals surface area contributed by atoms with Crippen LogP contribution in [0.25, 0.3) is 0 Å². The van der Waals surface area contributed by atoms with E-state index in [9.17, 15) is 4.79 Å². The fraction of sp³-hybridized carbons (Fsp3) is 0.562. The van der Waals surface area contributed by atoms with E-state index in [2.05, 4.69) is 22.8 Å². The normalized spacial score (nSPS) is 24.9. The predicted molar refractivity (Wildman–Crippen MR) is 81.0 cm³/mol. The molecule has 1 saturated heterocycles. The van der Waals surface area contributed by atoms with Crippen LogP contribution in [0.15, 0.2) is 24.3 Å². The minimum atomic E-state index is 0.188. The van der Waals surface area contributed by atoms with Crippen molar-refractivity contribution in [3.05, 3.63) is 34.9 Å². The summed E-state index contributed by atoms with van der Waals surface area (Å²) >= 11 is 5.96. The molecule has 1 saturated carbocycles. The number of benzene rings is 1. The molecule has 4 heteroatoms. The first kappa shape index (κ1) is 13.9. The van der Waals surface area contributed by atoms with Crippen molar-refractivity contribution in [3.63, 3.8) is 0 Å². The van der Waals surface area contributed by atoms with Crippen LogP contribution in [-0.4, -0.2) is 25.0 Å². The third-order valence-corrected chi connectivity index (χ3v) is 4.83. The molecule has 1 aliphatic carbocycles. The zero-order valence-corrected chi connectivity index (χ0v) is 12.4. The van der Waals surface area contributed by atoms with E-state index < -0.39 is 0 Å². The number of carbonyl (C=O) groups excluding carboxylic acids is 1. The second kappa shape index (κ2) is 5.74. The molecule has 2 fully saturated rings. The Hall–Kier alpha value is -1.06. The van der Waals surface area contributed by atoms with Crippen LogP contribution in [0.4, 0.5) is 0 Å². The molecule has 0 bridgehead atoms. The van der Waals surface area contributed by atoms with Gasteiger partial charge in [-0.2, -0.15) is 0 Å². The van der Waals surface area contributed by atoms with Gasteiger partial charge in [0.25, 0.3) is 0 Å². The monoisotopic (exact) mass is 292 g/mol. The first-order valence-electron chi connectivity index (χ1n) is 7.44. The average molecular weight is 293 g/mol. The Labute approximate surface area is 125 Å². The minimum Gasteiger partial charge on any atom is -0.356 e. The molecule has 1 heterocycles. The lowest BCUT2D eigenvalue weighted by Crippen LogP contribution is -2.36. The van der Waals surface area contributed by atoms with Crippen LogP contribution in [0, 0.1) is 0 Å². The molecule has 0 unspecified atom stereocenters. The van der Waals surface area contributed by atoms with Crippen molar-refractivity contribution < 1.29 is 4.79 Å². The van der Waals surface area contributed by atoms with Gasteiger partial charge in [0.2, 0.25) is 5.91 Å². The molecule has 0 aromatic heterocycles. The third-order valence-electron chi connectivity index (χ3n) is 4.57. The molecule has 3 rings (SSSR count). The van der Waals surface area contributed by atoms with Gasteiger partial charge in [-0.3, -0.25) is 4.79 Å². The van der Waals surface area contributed by atoms with Gasteiger partial charge in [0, 0.05) is 36.0 Å². The van der Waals surface area contributed by atoms with E-state index >= 15 is 0 Å². The Kier molecular flexibility index (Phi) is 3.99. The SMILES string of the molecule is O=C1CC[C@@H](NCC2(c3ccc(Cl)cc3)CC2)CCN1. The van der Waals surface area contributed by atoms with Gasteiger partial charge in [0.05, 0.1) is 0 Å². The van der Waals surface area contributed by atoms with E-state index in [4.69, 9.17) is 11.6 Å². The molecule has 1 aliphatic heterocycles. The number of hydrogen-bond acceptors (Lipinski definition) is 2. The van der Waals surface area contributed by atoms with Gasteiger partial charge in [-0.15, -0.1) is 0 Å². The van der Waals surface area contributed by atoms with Crippen molar-refractivity contribution in [3.8, 4) is 0 Å². The molecule has 20 heavy (non-hydrogen) atoms. The van der Waals surface area contributed by atoms with Crippen molar-refractivity contribution in [2.45, 2.75) is 43.6 Å². The summed E-state index contributed by atoms with van der Waals surface area (Å²) in [7, 11) is 0. The Morgan fingerprint density at radius 2 is 2.00 bits per heavy atom. The molecule has 1 aromatic carbocycles. The minimum absolute atomic E-state index is 0.188. The highest BCUT2D eigenvalue weighted by atomic mass is 35.5. The Morgan fingerprint density at radius 1 is 1.25 bits per heavy atom. The number of rotatable bonds is 4. The first-order chi connectivity index (χ1) is 9.68. The van der Waals surface area contributed by atoms with E-state index in [1.54, 1.807) is 0 Å². The molecular formula is C16H21ClN2O. The van der Waals surface area contributed by atoms with Crippen LogP contribution in [0.2, 0.25) is 5.02 Å². The van der Waals surface area contributed by atoms with Gasteiger partial charge >= 0.3 is 0 Å². The third kappa shape index (κ3) is 3.15. The molecular weight excluding hydrogens is 272 g/mol. The smallest absolute Gasteiger partial charge is 0.220 e. The van der Waals surface area contributed by atoms with Crippen molar-refractivity contribution in [2.75, 3.05) is 13.1 Å². The Bertz CT molecular complexity index is 482. The van der Waals surface area contributed by atoms with Gasteiger partial charge < -0.3 is 10.6 Å². The number of nitrogens with one attached hydrogen (secondary N) is 2. The van der Waals surface area contributed by atoms with Crippen molar-refractivity contribution in [1.82, 2.24) is 10.6 Å². The molecule has 3 nitrogen and oxygen atoms in total. The van der Waals surface area contributed by atoms with Crippen molar-refractivity contribution in [1.29, 1.82) is 0 Å². The Morgan fingerprint density at radius 3 is 2.70 bits per heavy atom. The summed E-state index contributed by atoms with van der Waals surface area (Å²) in [4.78, 5) is 11.3. The lowest BCUT2D eigenvalue weighted by Gasteiger charge is -2.22. The quantitative estimate of drug-likeness (QED) is 0.896. The van der Waals surface area contributed by atoms with Crippen molar-refractivity contribution >= 4 is 17.5 Å².